The van der Waals surface area contributed by atoms with Crippen LogP contribution < -0.4 is 5.32 Å². The van der Waals surface area contributed by atoms with Crippen molar-refractivity contribution >= 4 is 33.3 Å². The zero-order valence-corrected chi connectivity index (χ0v) is 19.1. The van der Waals surface area contributed by atoms with Crippen molar-refractivity contribution in [1.82, 2.24) is 19.8 Å². The second-order valence-corrected chi connectivity index (χ2v) is 9.41. The van der Waals surface area contributed by atoms with Crippen LogP contribution in [0.3, 0.4) is 0 Å². The van der Waals surface area contributed by atoms with Crippen molar-refractivity contribution in [2.24, 2.45) is 0 Å². The van der Waals surface area contributed by atoms with Crippen LogP contribution in [0.2, 0.25) is 0 Å². The number of hydrogen-bond donors (Lipinski definition) is 1. The normalized spacial score (nSPS) is 22.3. The van der Waals surface area contributed by atoms with E-state index in [1.807, 2.05) is 12.3 Å². The SMILES string of the molecule is S=C1NC(c2ccccn2)C(c2cccn2-c2cccc(Br)c2)N1C1CCCCC1. The highest BCUT2D eigenvalue weighted by Gasteiger charge is 2.44. The maximum atomic E-state index is 5.90. The highest BCUT2D eigenvalue weighted by atomic mass is 79.9. The predicted octanol–water partition coefficient (Wildman–Crippen LogP) is 5.94. The molecule has 1 N–H and O–H groups in total. The Bertz CT molecular complexity index is 1030. The van der Waals surface area contributed by atoms with E-state index in [0.29, 0.717) is 6.04 Å². The van der Waals surface area contributed by atoms with E-state index in [-0.39, 0.29) is 12.1 Å². The molecule has 6 heteroatoms. The summed E-state index contributed by atoms with van der Waals surface area (Å²) in [6.45, 7) is 0. The molecule has 0 amide bonds. The van der Waals surface area contributed by atoms with E-state index < -0.39 is 0 Å². The third-order valence-corrected chi connectivity index (χ3v) is 7.10. The molecule has 0 radical (unpaired) electrons. The molecule has 30 heavy (non-hydrogen) atoms. The largest absolute Gasteiger partial charge is 0.352 e. The summed E-state index contributed by atoms with van der Waals surface area (Å²) in [5.74, 6) is 0. The summed E-state index contributed by atoms with van der Waals surface area (Å²) < 4.78 is 3.36. The lowest BCUT2D eigenvalue weighted by atomic mass is 9.92. The first-order valence-electron chi connectivity index (χ1n) is 10.7. The first kappa shape index (κ1) is 19.8. The van der Waals surface area contributed by atoms with Gasteiger partial charge in [-0.2, -0.15) is 0 Å². The van der Waals surface area contributed by atoms with Crippen molar-refractivity contribution in [3.63, 3.8) is 0 Å². The standard InChI is InChI=1S/C24H25BrN4S/c25-17-8-6-11-19(16-17)28-15-7-13-21(28)23-22(20-12-4-5-14-26-20)27-24(30)29(23)18-9-2-1-3-10-18/h4-8,11-16,18,22-23H,1-3,9-10H2,(H,27,30). The van der Waals surface area contributed by atoms with E-state index in [1.54, 1.807) is 0 Å². The van der Waals surface area contributed by atoms with Crippen LogP contribution >= 0.6 is 28.1 Å². The second-order valence-electron chi connectivity index (χ2n) is 8.11. The molecule has 2 atom stereocenters. The summed E-state index contributed by atoms with van der Waals surface area (Å²) in [6.07, 6.45) is 10.3. The lowest BCUT2D eigenvalue weighted by Gasteiger charge is -2.37. The Kier molecular flexibility index (Phi) is 5.61. The molecule has 5 rings (SSSR count). The average Bonchev–Trinajstić information content (AvgIpc) is 3.39. The molecule has 1 saturated heterocycles. The van der Waals surface area contributed by atoms with Crippen LogP contribution in [-0.4, -0.2) is 25.6 Å². The Morgan fingerprint density at radius 2 is 1.87 bits per heavy atom. The fraction of sp³-hybridized carbons (Fsp3) is 0.333. The monoisotopic (exact) mass is 480 g/mol. The number of halogens is 1. The van der Waals surface area contributed by atoms with Crippen LogP contribution in [0.15, 0.2) is 71.5 Å². The van der Waals surface area contributed by atoms with Gasteiger partial charge in [0.25, 0.3) is 0 Å². The van der Waals surface area contributed by atoms with Crippen molar-refractivity contribution in [2.75, 3.05) is 0 Å². The Balaban J connectivity index is 1.61. The molecule has 1 aromatic carbocycles. The molecule has 2 unspecified atom stereocenters. The zero-order chi connectivity index (χ0) is 20.5. The van der Waals surface area contributed by atoms with Crippen molar-refractivity contribution < 1.29 is 0 Å². The number of benzene rings is 1. The van der Waals surface area contributed by atoms with Gasteiger partial charge in [-0.3, -0.25) is 4.98 Å². The van der Waals surface area contributed by atoms with Gasteiger partial charge in [0.2, 0.25) is 0 Å². The second kappa shape index (κ2) is 8.52. The molecule has 2 fully saturated rings. The minimum atomic E-state index is 0.0291. The fourth-order valence-corrected chi connectivity index (χ4v) is 5.71. The molecule has 2 aromatic heterocycles. The van der Waals surface area contributed by atoms with E-state index in [9.17, 15) is 0 Å². The maximum absolute atomic E-state index is 5.90. The summed E-state index contributed by atoms with van der Waals surface area (Å²) in [4.78, 5) is 7.16. The van der Waals surface area contributed by atoms with Gasteiger partial charge in [-0.1, -0.05) is 47.3 Å². The third kappa shape index (κ3) is 3.67. The van der Waals surface area contributed by atoms with Crippen molar-refractivity contribution in [3.8, 4) is 5.69 Å². The van der Waals surface area contributed by atoms with E-state index in [4.69, 9.17) is 12.2 Å². The average molecular weight is 481 g/mol. The molecule has 2 aliphatic rings. The van der Waals surface area contributed by atoms with Crippen LogP contribution in [0.4, 0.5) is 0 Å². The number of pyridine rings is 1. The number of nitrogens with one attached hydrogen (secondary N) is 1. The minimum absolute atomic E-state index is 0.0291. The van der Waals surface area contributed by atoms with Crippen molar-refractivity contribution in [3.05, 3.63) is 82.9 Å². The highest BCUT2D eigenvalue weighted by Crippen LogP contribution is 2.43. The lowest BCUT2D eigenvalue weighted by molar-refractivity contribution is 0.193. The highest BCUT2D eigenvalue weighted by molar-refractivity contribution is 9.10. The first-order chi connectivity index (χ1) is 14.7. The van der Waals surface area contributed by atoms with Crippen molar-refractivity contribution in [1.29, 1.82) is 0 Å². The van der Waals surface area contributed by atoms with Crippen molar-refractivity contribution in [2.45, 2.75) is 50.2 Å². The minimum Gasteiger partial charge on any atom is -0.352 e. The van der Waals surface area contributed by atoms with Gasteiger partial charge in [0, 0.05) is 34.3 Å². The Morgan fingerprint density at radius 3 is 2.63 bits per heavy atom. The number of rotatable bonds is 4. The summed E-state index contributed by atoms with van der Waals surface area (Å²) >= 11 is 9.52. The van der Waals surface area contributed by atoms with Crippen LogP contribution in [0.1, 0.15) is 55.6 Å². The maximum Gasteiger partial charge on any atom is 0.170 e. The smallest absolute Gasteiger partial charge is 0.170 e. The van der Waals surface area contributed by atoms with Gasteiger partial charge in [-0.25, -0.2) is 0 Å². The van der Waals surface area contributed by atoms with Crippen LogP contribution in [0.5, 0.6) is 0 Å². The Labute approximate surface area is 191 Å². The Morgan fingerprint density at radius 1 is 1.00 bits per heavy atom. The van der Waals surface area contributed by atoms with Gasteiger partial charge < -0.3 is 14.8 Å². The zero-order valence-electron chi connectivity index (χ0n) is 16.7. The molecule has 0 bridgehead atoms. The summed E-state index contributed by atoms with van der Waals surface area (Å²) in [7, 11) is 0. The van der Waals surface area contributed by atoms with Crippen LogP contribution in [0.25, 0.3) is 5.69 Å². The molecular weight excluding hydrogens is 456 g/mol. The lowest BCUT2D eigenvalue weighted by Crippen LogP contribution is -2.40. The number of nitrogens with zero attached hydrogens (tertiary/aromatic N) is 3. The Hall–Kier alpha value is -2.18. The number of aromatic nitrogens is 2. The van der Waals surface area contributed by atoms with Gasteiger partial charge in [-0.05, 0) is 67.5 Å². The molecule has 1 saturated carbocycles. The van der Waals surface area contributed by atoms with Crippen LogP contribution in [-0.2, 0) is 0 Å². The molecule has 3 aromatic rings. The fourth-order valence-electron chi connectivity index (χ4n) is 4.93. The molecular formula is C24H25BrN4S. The predicted molar refractivity (Wildman–Crippen MR) is 128 cm³/mol. The van der Waals surface area contributed by atoms with E-state index in [2.05, 4.69) is 90.4 Å². The van der Waals surface area contributed by atoms with Gasteiger partial charge in [-0.15, -0.1) is 0 Å². The molecule has 3 heterocycles. The van der Waals surface area contributed by atoms with E-state index in [0.717, 1.165) is 21.0 Å². The van der Waals surface area contributed by atoms with Crippen LogP contribution in [0, 0.1) is 0 Å². The summed E-state index contributed by atoms with van der Waals surface area (Å²) in [5, 5.41) is 4.47. The van der Waals surface area contributed by atoms with E-state index >= 15 is 0 Å². The molecule has 4 nitrogen and oxygen atoms in total. The molecule has 0 spiro atoms. The third-order valence-electron chi connectivity index (χ3n) is 6.27. The van der Waals surface area contributed by atoms with E-state index in [1.165, 1.54) is 37.8 Å². The van der Waals surface area contributed by atoms with Gasteiger partial charge in [0.05, 0.1) is 17.8 Å². The topological polar surface area (TPSA) is 33.1 Å². The van der Waals surface area contributed by atoms with Gasteiger partial charge >= 0.3 is 0 Å². The van der Waals surface area contributed by atoms with Gasteiger partial charge in [0.15, 0.2) is 5.11 Å². The summed E-state index contributed by atoms with van der Waals surface area (Å²) in [6, 6.07) is 19.5. The summed E-state index contributed by atoms with van der Waals surface area (Å²) in [5.41, 5.74) is 3.41. The number of thiocarbonyl (C=S) groups is 1. The molecule has 1 aliphatic heterocycles. The van der Waals surface area contributed by atoms with Gasteiger partial charge in [0.1, 0.15) is 0 Å². The quantitative estimate of drug-likeness (QED) is 0.468. The molecule has 1 aliphatic carbocycles. The molecule has 154 valence electrons. The number of hydrogen-bond acceptors (Lipinski definition) is 2. The first-order valence-corrected chi connectivity index (χ1v) is 11.9.